The lowest BCUT2D eigenvalue weighted by Gasteiger charge is -2.23. The van der Waals surface area contributed by atoms with Gasteiger partial charge in [0.2, 0.25) is 0 Å². The lowest BCUT2D eigenvalue weighted by atomic mass is 10.0. The summed E-state index contributed by atoms with van der Waals surface area (Å²) in [6, 6.07) is 6.68. The molecule has 2 saturated heterocycles. The second-order valence-corrected chi connectivity index (χ2v) is 6.86. The Hall–Kier alpha value is -2.69. The van der Waals surface area contributed by atoms with Crippen LogP contribution in [0.5, 0.6) is 0 Å². The molecule has 1 aromatic carbocycles. The highest BCUT2D eigenvalue weighted by Crippen LogP contribution is 2.31. The fourth-order valence-corrected chi connectivity index (χ4v) is 3.43. The third kappa shape index (κ3) is 3.21. The van der Waals surface area contributed by atoms with Crippen LogP contribution in [0.25, 0.3) is 0 Å². The van der Waals surface area contributed by atoms with Gasteiger partial charge in [-0.15, -0.1) is 0 Å². The first kappa shape index (κ1) is 16.8. The van der Waals surface area contributed by atoms with Gasteiger partial charge in [0.1, 0.15) is 11.3 Å². The van der Waals surface area contributed by atoms with Crippen LogP contribution in [0, 0.1) is 11.8 Å². The van der Waals surface area contributed by atoms with Gasteiger partial charge < -0.3 is 10.2 Å². The molecular weight excluding hydrogens is 356 g/mol. The van der Waals surface area contributed by atoms with Crippen LogP contribution in [-0.4, -0.2) is 53.6 Å². The van der Waals surface area contributed by atoms with Gasteiger partial charge in [-0.2, -0.15) is 0 Å². The van der Waals surface area contributed by atoms with E-state index in [0.29, 0.717) is 43.3 Å². The second-order valence-electron chi connectivity index (χ2n) is 6.42. The van der Waals surface area contributed by atoms with E-state index in [1.165, 1.54) is 4.90 Å². The van der Waals surface area contributed by atoms with Crippen LogP contribution in [-0.2, 0) is 4.84 Å². The lowest BCUT2D eigenvalue weighted by molar-refractivity contribution is -0.0297. The standard InChI is InChI=1S/C18H17ClN4O3/c19-14-3-1-2-13(10-14)4-5-15-11-18(26-21-15)6-8-22(12-18)17(25)23-9-7-20-16(23)24/h1-3,10-11,21H,6-9,12H2,(H,20,24). The summed E-state index contributed by atoms with van der Waals surface area (Å²) in [7, 11) is 0. The van der Waals surface area contributed by atoms with Crippen LogP contribution >= 0.6 is 11.6 Å². The Morgan fingerprint density at radius 1 is 1.31 bits per heavy atom. The zero-order valence-electron chi connectivity index (χ0n) is 13.9. The topological polar surface area (TPSA) is 73.9 Å². The Morgan fingerprint density at radius 2 is 2.19 bits per heavy atom. The molecule has 4 amide bonds. The zero-order chi connectivity index (χ0) is 18.1. The van der Waals surface area contributed by atoms with Gasteiger partial charge in [-0.3, -0.25) is 10.3 Å². The molecule has 1 spiro atoms. The van der Waals surface area contributed by atoms with E-state index in [-0.39, 0.29) is 12.1 Å². The van der Waals surface area contributed by atoms with Crippen molar-refractivity contribution >= 4 is 23.7 Å². The number of amides is 4. The highest BCUT2D eigenvalue weighted by atomic mass is 35.5. The van der Waals surface area contributed by atoms with Crippen LogP contribution in [0.4, 0.5) is 9.59 Å². The number of hydrogen-bond acceptors (Lipinski definition) is 4. The normalized spacial score (nSPS) is 24.2. The van der Waals surface area contributed by atoms with Crippen molar-refractivity contribution in [1.82, 2.24) is 20.6 Å². The maximum absolute atomic E-state index is 12.5. The van der Waals surface area contributed by atoms with Gasteiger partial charge in [-0.25, -0.2) is 14.5 Å². The van der Waals surface area contributed by atoms with Gasteiger partial charge in [-0.1, -0.05) is 23.6 Å². The molecule has 1 unspecified atom stereocenters. The fraction of sp³-hybridized carbons (Fsp3) is 0.333. The molecule has 2 fully saturated rings. The quantitative estimate of drug-likeness (QED) is 0.680. The number of likely N-dealkylation sites (tertiary alicyclic amines) is 1. The molecule has 26 heavy (non-hydrogen) atoms. The van der Waals surface area contributed by atoms with E-state index in [1.807, 2.05) is 18.2 Å². The summed E-state index contributed by atoms with van der Waals surface area (Å²) >= 11 is 5.96. The van der Waals surface area contributed by atoms with Crippen molar-refractivity contribution in [3.05, 3.63) is 46.6 Å². The summed E-state index contributed by atoms with van der Waals surface area (Å²) in [5, 5.41) is 3.27. The van der Waals surface area contributed by atoms with Gasteiger partial charge in [0, 0.05) is 36.6 Å². The fourth-order valence-electron chi connectivity index (χ4n) is 3.24. The molecule has 0 aliphatic carbocycles. The van der Waals surface area contributed by atoms with Crippen LogP contribution in [0.1, 0.15) is 12.0 Å². The smallest absolute Gasteiger partial charge is 0.328 e. The maximum atomic E-state index is 12.5. The SMILES string of the molecule is O=C1NCCN1C(=O)N1CCC2(C=C(C#Cc3cccc(Cl)c3)NO2)C1. The molecule has 3 heterocycles. The van der Waals surface area contributed by atoms with E-state index in [2.05, 4.69) is 22.6 Å². The Kier molecular flexibility index (Phi) is 4.23. The number of urea groups is 2. The molecule has 134 valence electrons. The van der Waals surface area contributed by atoms with Crippen molar-refractivity contribution in [3.63, 3.8) is 0 Å². The van der Waals surface area contributed by atoms with Crippen LogP contribution in [0.2, 0.25) is 5.02 Å². The molecule has 0 saturated carbocycles. The van der Waals surface area contributed by atoms with E-state index in [9.17, 15) is 9.59 Å². The van der Waals surface area contributed by atoms with Crippen molar-refractivity contribution in [2.75, 3.05) is 26.2 Å². The van der Waals surface area contributed by atoms with Crippen molar-refractivity contribution in [2.45, 2.75) is 12.0 Å². The summed E-state index contributed by atoms with van der Waals surface area (Å²) in [5.74, 6) is 6.05. The number of allylic oxidation sites excluding steroid dienone is 1. The highest BCUT2D eigenvalue weighted by molar-refractivity contribution is 6.30. The number of carbonyl (C=O) groups is 2. The highest BCUT2D eigenvalue weighted by Gasteiger charge is 2.45. The summed E-state index contributed by atoms with van der Waals surface area (Å²) in [6.07, 6.45) is 2.55. The summed E-state index contributed by atoms with van der Waals surface area (Å²) < 4.78 is 0. The largest absolute Gasteiger partial charge is 0.336 e. The van der Waals surface area contributed by atoms with Crippen molar-refractivity contribution < 1.29 is 14.4 Å². The third-order valence-electron chi connectivity index (χ3n) is 4.56. The Balaban J connectivity index is 1.44. The van der Waals surface area contributed by atoms with Gasteiger partial charge in [-0.05, 0) is 30.2 Å². The Morgan fingerprint density at radius 3 is 2.96 bits per heavy atom. The van der Waals surface area contributed by atoms with E-state index in [0.717, 1.165) is 5.56 Å². The van der Waals surface area contributed by atoms with Gasteiger partial charge in [0.15, 0.2) is 0 Å². The zero-order valence-corrected chi connectivity index (χ0v) is 14.7. The van der Waals surface area contributed by atoms with Gasteiger partial charge in [0.25, 0.3) is 0 Å². The molecule has 2 N–H and O–H groups in total. The molecule has 3 aliphatic heterocycles. The molecule has 0 bridgehead atoms. The third-order valence-corrected chi connectivity index (χ3v) is 4.79. The van der Waals surface area contributed by atoms with E-state index >= 15 is 0 Å². The minimum Gasteiger partial charge on any atom is -0.336 e. The predicted octanol–water partition coefficient (Wildman–Crippen LogP) is 1.70. The molecule has 0 radical (unpaired) electrons. The average molecular weight is 373 g/mol. The number of nitrogens with zero attached hydrogens (tertiary/aromatic N) is 2. The maximum Gasteiger partial charge on any atom is 0.328 e. The number of rotatable bonds is 0. The average Bonchev–Trinajstić information content (AvgIpc) is 3.34. The predicted molar refractivity (Wildman–Crippen MR) is 95.1 cm³/mol. The first-order valence-electron chi connectivity index (χ1n) is 8.33. The summed E-state index contributed by atoms with van der Waals surface area (Å²) in [4.78, 5) is 32.7. The van der Waals surface area contributed by atoms with Crippen LogP contribution < -0.4 is 10.8 Å². The molecule has 4 rings (SSSR count). The van der Waals surface area contributed by atoms with E-state index in [1.54, 1.807) is 17.0 Å². The summed E-state index contributed by atoms with van der Waals surface area (Å²) in [5.41, 5.74) is 3.69. The Labute approximate surface area is 155 Å². The van der Waals surface area contributed by atoms with E-state index in [4.69, 9.17) is 16.4 Å². The monoisotopic (exact) mass is 372 g/mol. The van der Waals surface area contributed by atoms with Crippen molar-refractivity contribution in [2.24, 2.45) is 0 Å². The molecule has 1 atom stereocenters. The molecule has 1 aromatic rings. The van der Waals surface area contributed by atoms with Crippen molar-refractivity contribution in [1.29, 1.82) is 0 Å². The number of nitrogens with one attached hydrogen (secondary N) is 2. The number of hydrogen-bond donors (Lipinski definition) is 2. The van der Waals surface area contributed by atoms with Crippen LogP contribution in [0.15, 0.2) is 36.0 Å². The van der Waals surface area contributed by atoms with Gasteiger partial charge >= 0.3 is 12.1 Å². The first-order chi connectivity index (χ1) is 12.5. The second kappa shape index (κ2) is 6.56. The molecule has 8 heteroatoms. The number of benzene rings is 1. The van der Waals surface area contributed by atoms with E-state index < -0.39 is 5.60 Å². The molecule has 3 aliphatic rings. The number of hydroxylamine groups is 1. The van der Waals surface area contributed by atoms with Crippen molar-refractivity contribution in [3.8, 4) is 11.8 Å². The summed E-state index contributed by atoms with van der Waals surface area (Å²) in [6.45, 7) is 1.79. The number of imide groups is 1. The van der Waals surface area contributed by atoms with Crippen LogP contribution in [0.3, 0.4) is 0 Å². The number of halogens is 1. The molecule has 0 aromatic heterocycles. The minimum absolute atomic E-state index is 0.285. The molecule has 7 nitrogen and oxygen atoms in total. The number of carbonyl (C=O) groups excluding carboxylic acids is 2. The molecular formula is C18H17ClN4O3. The Bertz CT molecular complexity index is 859. The van der Waals surface area contributed by atoms with Gasteiger partial charge in [0.05, 0.1) is 6.54 Å². The first-order valence-corrected chi connectivity index (χ1v) is 8.71. The lowest BCUT2D eigenvalue weighted by Crippen LogP contribution is -2.45. The minimum atomic E-state index is -0.607.